The number of phosphoric acid groups is 2. The molecule has 10 atom stereocenters. The predicted octanol–water partition coefficient (Wildman–Crippen LogP) is -2.48. The molecule has 2 aliphatic rings. The highest BCUT2D eigenvalue weighted by molar-refractivity contribution is 7.80. The van der Waals surface area contributed by atoms with E-state index in [4.69, 9.17) is 42.2 Å². The van der Waals surface area contributed by atoms with Gasteiger partial charge in [0.25, 0.3) is 6.23 Å². The minimum Gasteiger partial charge on any atom is -0.389 e. The molecule has 0 spiro atoms. The molecule has 0 aromatic carbocycles. The fraction of sp³-hybridized carbons (Fsp3) is 0.476. The summed E-state index contributed by atoms with van der Waals surface area (Å²) in [5, 5.41) is 41.7. The second-order valence-corrected chi connectivity index (χ2v) is 13.2. The second-order valence-electron chi connectivity index (χ2n) is 9.69. The third-order valence-electron chi connectivity index (χ3n) is 6.75. The average Bonchev–Trinajstić information content (AvgIpc) is 3.61. The predicted molar refractivity (Wildman–Crippen MR) is 147 cm³/mol. The molecule has 0 radical (unpaired) electrons. The van der Waals surface area contributed by atoms with Gasteiger partial charge in [0.15, 0.2) is 36.2 Å². The molecule has 10 N–H and O–H groups in total. The number of nitrogens with zero attached hydrogens (tertiary/aromatic N) is 5. The number of hydrogen-bond acceptors (Lipinski definition) is 16. The number of rotatable bonds is 11. The van der Waals surface area contributed by atoms with Crippen molar-refractivity contribution in [2.24, 2.45) is 5.73 Å². The summed E-state index contributed by atoms with van der Waals surface area (Å²) >= 11 is 4.92. The number of thiocarbonyl (C=S) groups is 1. The molecule has 2 fully saturated rings. The largest absolute Gasteiger partial charge is 0.481 e. The van der Waals surface area contributed by atoms with Crippen LogP contribution in [-0.4, -0.2) is 105 Å². The molecule has 0 bridgehead atoms. The minimum atomic E-state index is -5.35. The fourth-order valence-corrected chi connectivity index (χ4v) is 6.79. The van der Waals surface area contributed by atoms with Gasteiger partial charge in [-0.3, -0.25) is 13.6 Å². The van der Waals surface area contributed by atoms with Crippen LogP contribution < -0.4 is 16.0 Å². The van der Waals surface area contributed by atoms with E-state index >= 15 is 0 Å². The molecule has 5 rings (SSSR count). The molecule has 5 heterocycles. The number of aliphatic hydroxyl groups excluding tert-OH is 4. The Balaban J connectivity index is 1.16. The van der Waals surface area contributed by atoms with Gasteiger partial charge in [0.2, 0.25) is 0 Å². The summed E-state index contributed by atoms with van der Waals surface area (Å²) in [4.78, 5) is 32.0. The van der Waals surface area contributed by atoms with E-state index in [1.165, 1.54) is 27.9 Å². The van der Waals surface area contributed by atoms with Gasteiger partial charge >= 0.3 is 15.6 Å². The molecule has 0 amide bonds. The van der Waals surface area contributed by atoms with Crippen LogP contribution in [0.1, 0.15) is 18.0 Å². The first kappa shape index (κ1) is 32.8. The van der Waals surface area contributed by atoms with E-state index in [0.29, 0.717) is 5.56 Å². The SMILES string of the molecule is NC(=S)c1ccc[n+]([C@H]2O[C@@H](COP(=O)(O)OP(=O)(O)OC[C@H]3O[C@@H](n4cnc5c(N)ncnc54)[C@H](O)[C@@H]3O)[C@H](O)[C@@H]2O)c1. The first-order valence-corrected chi connectivity index (χ1v) is 16.0. The number of fused-ring (bicyclic) bond motifs is 1. The summed E-state index contributed by atoms with van der Waals surface area (Å²) in [5.74, 6) is 0.0574. The molecule has 3 aromatic heterocycles. The van der Waals surface area contributed by atoms with Gasteiger partial charge in [0.1, 0.15) is 47.4 Å². The fourth-order valence-electron chi connectivity index (χ4n) is 4.58. The van der Waals surface area contributed by atoms with Crippen LogP contribution in [0.3, 0.4) is 0 Å². The van der Waals surface area contributed by atoms with Crippen LogP contribution in [-0.2, 0) is 32.0 Å². The monoisotopic (exact) mass is 680 g/mol. The Labute approximate surface area is 252 Å². The maximum atomic E-state index is 12.4. The number of aliphatic hydroxyl groups is 4. The average molecular weight is 681 g/mol. The minimum absolute atomic E-state index is 0.0574. The second kappa shape index (κ2) is 12.7. The number of ether oxygens (including phenoxy) is 2. The Hall–Kier alpha value is -2.59. The number of imidazole rings is 1. The molecule has 0 saturated carbocycles. The lowest BCUT2D eigenvalue weighted by molar-refractivity contribution is -0.765. The van der Waals surface area contributed by atoms with Crippen molar-refractivity contribution in [1.29, 1.82) is 0 Å². The van der Waals surface area contributed by atoms with E-state index in [1.54, 1.807) is 12.1 Å². The van der Waals surface area contributed by atoms with Crippen molar-refractivity contribution >= 4 is 49.8 Å². The number of nitrogen functional groups attached to an aromatic ring is 1. The summed E-state index contributed by atoms with van der Waals surface area (Å²) < 4.78 is 52.4. The molecule has 44 heavy (non-hydrogen) atoms. The van der Waals surface area contributed by atoms with Crippen LogP contribution in [0, 0.1) is 0 Å². The topological polar surface area (TPSA) is 301 Å². The quantitative estimate of drug-likeness (QED) is 0.0590. The van der Waals surface area contributed by atoms with Crippen LogP contribution in [0.5, 0.6) is 0 Å². The van der Waals surface area contributed by atoms with Gasteiger partial charge in [-0.15, -0.1) is 0 Å². The van der Waals surface area contributed by atoms with Gasteiger partial charge in [-0.25, -0.2) is 24.1 Å². The molecule has 2 unspecified atom stereocenters. The molecule has 23 heteroatoms. The number of pyridine rings is 1. The summed E-state index contributed by atoms with van der Waals surface area (Å²) in [5.41, 5.74) is 12.2. The first-order valence-electron chi connectivity index (χ1n) is 12.6. The number of aromatic nitrogens is 5. The lowest BCUT2D eigenvalue weighted by Gasteiger charge is -2.20. The maximum Gasteiger partial charge on any atom is 0.481 e. The Kier molecular flexibility index (Phi) is 9.44. The van der Waals surface area contributed by atoms with Crippen LogP contribution in [0.4, 0.5) is 5.82 Å². The molecule has 3 aromatic rings. The van der Waals surface area contributed by atoms with Gasteiger partial charge in [0, 0.05) is 6.07 Å². The molecular weight excluding hydrogens is 652 g/mol. The number of nitrogens with two attached hydrogens (primary N) is 2. The van der Waals surface area contributed by atoms with Crippen molar-refractivity contribution in [3.05, 3.63) is 42.7 Å². The lowest BCUT2D eigenvalue weighted by atomic mass is 10.1. The van der Waals surface area contributed by atoms with E-state index < -0.39 is 77.9 Å². The van der Waals surface area contributed by atoms with Crippen molar-refractivity contribution in [2.75, 3.05) is 18.9 Å². The van der Waals surface area contributed by atoms with Crippen molar-refractivity contribution in [3.8, 4) is 0 Å². The molecule has 240 valence electrons. The van der Waals surface area contributed by atoms with E-state index in [-0.39, 0.29) is 22.0 Å². The Morgan fingerprint density at radius 1 is 1.00 bits per heavy atom. The van der Waals surface area contributed by atoms with Gasteiger partial charge in [-0.05, 0) is 6.07 Å². The number of phosphoric ester groups is 2. The highest BCUT2D eigenvalue weighted by Crippen LogP contribution is 2.60. The van der Waals surface area contributed by atoms with Crippen molar-refractivity contribution in [1.82, 2.24) is 19.5 Å². The van der Waals surface area contributed by atoms with Crippen LogP contribution in [0.15, 0.2) is 37.2 Å². The van der Waals surface area contributed by atoms with Crippen molar-refractivity contribution < 1.29 is 66.7 Å². The van der Waals surface area contributed by atoms with Crippen molar-refractivity contribution in [2.45, 2.75) is 49.1 Å². The highest BCUT2D eigenvalue weighted by Gasteiger charge is 2.50. The summed E-state index contributed by atoms with van der Waals surface area (Å²) in [6, 6.07) is 3.18. The van der Waals surface area contributed by atoms with E-state index in [2.05, 4.69) is 19.3 Å². The van der Waals surface area contributed by atoms with Gasteiger partial charge in [-0.2, -0.15) is 8.88 Å². The third-order valence-corrected chi connectivity index (χ3v) is 9.58. The van der Waals surface area contributed by atoms with Crippen molar-refractivity contribution in [3.63, 3.8) is 0 Å². The van der Waals surface area contributed by atoms with Gasteiger partial charge in [-0.1, -0.05) is 12.2 Å². The zero-order chi connectivity index (χ0) is 32.0. The van der Waals surface area contributed by atoms with E-state index in [9.17, 15) is 39.3 Å². The van der Waals surface area contributed by atoms with Gasteiger partial charge in [0.05, 0.1) is 25.1 Å². The standard InChI is InChI=1S/C21H27N7O13P2S/c22-17-12-19(25-7-24-17)28(8-26-12)21-16(32)14(30)11(40-21)6-38-43(35,36)41-42(33,34)37-5-10-13(29)15(31)20(39-10)27-3-1-2-9(4-27)18(23)44/h1-4,7-8,10-11,13-16,20-21,29-32H,5-6H2,(H5-,22,23,24,25,33,34,35,36,44)/p+1/t10-,11+,13-,14+,15-,16+,20-,21+/m0/s1. The number of anilines is 1. The molecule has 2 saturated heterocycles. The normalized spacial score (nSPS) is 31.6. The van der Waals surface area contributed by atoms with Crippen LogP contribution in [0.2, 0.25) is 0 Å². The summed E-state index contributed by atoms with van der Waals surface area (Å²) in [6.45, 7) is -1.74. The van der Waals surface area contributed by atoms with Crippen LogP contribution in [0.25, 0.3) is 11.2 Å². The zero-order valence-corrected chi connectivity index (χ0v) is 24.8. The Morgan fingerprint density at radius 2 is 1.64 bits per heavy atom. The Morgan fingerprint density at radius 3 is 2.30 bits per heavy atom. The molecule has 20 nitrogen and oxygen atoms in total. The van der Waals surface area contributed by atoms with Gasteiger partial charge < -0.3 is 51.2 Å². The maximum absolute atomic E-state index is 12.4. The molecule has 0 aliphatic carbocycles. The smallest absolute Gasteiger partial charge is 0.389 e. The zero-order valence-electron chi connectivity index (χ0n) is 22.2. The first-order chi connectivity index (χ1) is 20.7. The van der Waals surface area contributed by atoms with E-state index in [1.807, 2.05) is 0 Å². The molecule has 2 aliphatic heterocycles. The molecular formula is C21H28N7O13P2S+. The highest BCUT2D eigenvalue weighted by atomic mass is 32.1. The third kappa shape index (κ3) is 6.81. The Bertz CT molecular complexity index is 1630. The lowest BCUT2D eigenvalue weighted by Crippen LogP contribution is -2.46. The van der Waals surface area contributed by atoms with E-state index in [0.717, 1.165) is 6.33 Å². The summed E-state index contributed by atoms with van der Waals surface area (Å²) in [6.07, 6.45) is -6.22. The number of hydrogen-bond donors (Lipinski definition) is 8. The summed E-state index contributed by atoms with van der Waals surface area (Å²) in [7, 11) is -10.7. The van der Waals surface area contributed by atoms with Crippen LogP contribution >= 0.6 is 27.9 Å².